The number of hydroxylamine groups is 2. The highest BCUT2D eigenvalue weighted by atomic mass is 16.7. The molecule has 0 N–H and O–H groups in total. The second-order valence-corrected chi connectivity index (χ2v) is 6.18. The Bertz CT molecular complexity index is 643. The van der Waals surface area contributed by atoms with Gasteiger partial charge in [-0.05, 0) is 19.1 Å². The Kier molecular flexibility index (Phi) is 10.5. The quantitative estimate of drug-likeness (QED) is 0.297. The van der Waals surface area contributed by atoms with Crippen LogP contribution in [0.3, 0.4) is 0 Å². The number of ketones is 1. The summed E-state index contributed by atoms with van der Waals surface area (Å²) < 4.78 is 21.3. The number of ether oxygens (including phenoxy) is 4. The Labute approximate surface area is 169 Å². The van der Waals surface area contributed by atoms with E-state index in [1.54, 1.807) is 24.3 Å². The molecule has 0 aromatic heterocycles. The third kappa shape index (κ3) is 8.00. The molecular formula is C20H27NO8. The van der Waals surface area contributed by atoms with Gasteiger partial charge in [-0.15, -0.1) is 5.06 Å². The maximum atomic E-state index is 12.1. The summed E-state index contributed by atoms with van der Waals surface area (Å²) >= 11 is 0. The van der Waals surface area contributed by atoms with Crippen LogP contribution in [0.4, 0.5) is 0 Å². The zero-order chi connectivity index (χ0) is 20.9. The lowest BCUT2D eigenvalue weighted by molar-refractivity contribution is -0.118. The van der Waals surface area contributed by atoms with Gasteiger partial charge in [0.25, 0.3) is 11.8 Å². The number of benzene rings is 1. The first-order valence-corrected chi connectivity index (χ1v) is 9.52. The van der Waals surface area contributed by atoms with Crippen LogP contribution < -0.4 is 0 Å². The first kappa shape index (κ1) is 23.1. The number of carbonyl (C=O) groups excluding carboxylic acids is 3. The Hall–Kier alpha value is -2.17. The van der Waals surface area contributed by atoms with Gasteiger partial charge in [0, 0.05) is 6.42 Å². The largest absolute Gasteiger partial charge is 0.379 e. The van der Waals surface area contributed by atoms with Crippen molar-refractivity contribution in [2.45, 2.75) is 13.3 Å². The number of rotatable bonds is 16. The molecule has 2 rings (SSSR count). The van der Waals surface area contributed by atoms with Crippen LogP contribution in [-0.2, 0) is 28.6 Å². The van der Waals surface area contributed by atoms with Crippen LogP contribution >= 0.6 is 0 Å². The van der Waals surface area contributed by atoms with Crippen LogP contribution in [0.5, 0.6) is 0 Å². The highest BCUT2D eigenvalue weighted by Crippen LogP contribution is 2.22. The molecule has 2 amide bonds. The molecule has 0 aliphatic carbocycles. The van der Waals surface area contributed by atoms with Crippen LogP contribution in [-0.4, -0.2) is 82.1 Å². The number of Topliss-reactive ketones (excluding diaryl/α,β-unsaturated/α-hetero) is 1. The van der Waals surface area contributed by atoms with Crippen LogP contribution in [0, 0.1) is 0 Å². The molecule has 0 spiro atoms. The van der Waals surface area contributed by atoms with Gasteiger partial charge in [-0.25, -0.2) is 0 Å². The number of carbonyl (C=O) groups is 3. The molecular weight excluding hydrogens is 382 g/mol. The van der Waals surface area contributed by atoms with Crippen molar-refractivity contribution in [2.24, 2.45) is 0 Å². The molecule has 0 bridgehead atoms. The average molecular weight is 409 g/mol. The summed E-state index contributed by atoms with van der Waals surface area (Å²) in [4.78, 5) is 40.1. The standard InChI is InChI=1S/C20H27NO8/c1-16(22)6-7-25-8-9-26-10-11-27-12-13-28-14-15-29-21-19(23)17-4-2-3-5-18(17)20(21)24/h2-5H,6-15H2,1H3. The van der Waals surface area contributed by atoms with Crippen LogP contribution in [0.2, 0.25) is 0 Å². The van der Waals surface area contributed by atoms with Gasteiger partial charge in [-0.3, -0.25) is 19.2 Å². The van der Waals surface area contributed by atoms with Gasteiger partial charge >= 0.3 is 0 Å². The van der Waals surface area contributed by atoms with Crippen molar-refractivity contribution in [2.75, 3.05) is 59.5 Å². The Morgan fingerprint density at radius 3 is 1.59 bits per heavy atom. The van der Waals surface area contributed by atoms with E-state index in [4.69, 9.17) is 23.8 Å². The van der Waals surface area contributed by atoms with E-state index in [2.05, 4.69) is 0 Å². The van der Waals surface area contributed by atoms with Crippen molar-refractivity contribution in [1.82, 2.24) is 5.06 Å². The first-order valence-electron chi connectivity index (χ1n) is 9.52. The number of amides is 2. The topological polar surface area (TPSA) is 101 Å². The van der Waals surface area contributed by atoms with Crippen molar-refractivity contribution in [3.05, 3.63) is 35.4 Å². The molecule has 1 heterocycles. The van der Waals surface area contributed by atoms with Gasteiger partial charge in [0.2, 0.25) is 0 Å². The molecule has 9 nitrogen and oxygen atoms in total. The fourth-order valence-electron chi connectivity index (χ4n) is 2.45. The van der Waals surface area contributed by atoms with Gasteiger partial charge in [-0.2, -0.15) is 0 Å². The zero-order valence-corrected chi connectivity index (χ0v) is 16.6. The summed E-state index contributed by atoms with van der Waals surface area (Å²) in [6.07, 6.45) is 0.423. The highest BCUT2D eigenvalue weighted by Gasteiger charge is 2.36. The minimum atomic E-state index is -0.460. The molecule has 9 heteroatoms. The molecule has 0 radical (unpaired) electrons. The molecule has 0 unspecified atom stereocenters. The minimum Gasteiger partial charge on any atom is -0.379 e. The zero-order valence-electron chi connectivity index (χ0n) is 16.6. The predicted octanol–water partition coefficient (Wildman–Crippen LogP) is 1.26. The lowest BCUT2D eigenvalue weighted by Gasteiger charge is -2.13. The van der Waals surface area contributed by atoms with Gasteiger partial charge < -0.3 is 18.9 Å². The number of fused-ring (bicyclic) bond motifs is 1. The van der Waals surface area contributed by atoms with E-state index in [1.165, 1.54) is 6.92 Å². The smallest absolute Gasteiger partial charge is 0.285 e. The summed E-state index contributed by atoms with van der Waals surface area (Å²) in [5.41, 5.74) is 0.688. The normalized spacial score (nSPS) is 13.2. The summed E-state index contributed by atoms with van der Waals surface area (Å²) in [6.45, 7) is 4.79. The van der Waals surface area contributed by atoms with Crippen molar-refractivity contribution in [1.29, 1.82) is 0 Å². The third-order valence-electron chi connectivity index (χ3n) is 3.92. The van der Waals surface area contributed by atoms with E-state index < -0.39 is 11.8 Å². The molecule has 1 aliphatic heterocycles. The fraction of sp³-hybridized carbons (Fsp3) is 0.550. The molecule has 0 atom stereocenters. The molecule has 29 heavy (non-hydrogen) atoms. The van der Waals surface area contributed by atoms with E-state index in [0.717, 1.165) is 5.06 Å². The molecule has 1 aromatic rings. The number of hydrogen-bond donors (Lipinski definition) is 0. The van der Waals surface area contributed by atoms with Gasteiger partial charge in [0.05, 0.1) is 70.6 Å². The van der Waals surface area contributed by atoms with Crippen LogP contribution in [0.15, 0.2) is 24.3 Å². The highest BCUT2D eigenvalue weighted by molar-refractivity contribution is 6.20. The van der Waals surface area contributed by atoms with Gasteiger partial charge in [-0.1, -0.05) is 12.1 Å². The maximum Gasteiger partial charge on any atom is 0.285 e. The minimum absolute atomic E-state index is 0.0816. The van der Waals surface area contributed by atoms with E-state index in [-0.39, 0.29) is 19.0 Å². The number of nitrogens with zero attached hydrogens (tertiary/aromatic N) is 1. The molecule has 160 valence electrons. The van der Waals surface area contributed by atoms with E-state index in [9.17, 15) is 14.4 Å². The summed E-state index contributed by atoms with van der Waals surface area (Å²) in [7, 11) is 0. The second kappa shape index (κ2) is 13.1. The molecule has 0 fully saturated rings. The third-order valence-corrected chi connectivity index (χ3v) is 3.92. The monoisotopic (exact) mass is 409 g/mol. The Morgan fingerprint density at radius 1 is 0.724 bits per heavy atom. The molecule has 1 aromatic carbocycles. The van der Waals surface area contributed by atoms with Gasteiger partial charge in [0.1, 0.15) is 5.78 Å². The molecule has 1 aliphatic rings. The summed E-state index contributed by atoms with van der Waals surface area (Å²) in [5, 5.41) is 0.770. The Morgan fingerprint density at radius 2 is 1.14 bits per heavy atom. The molecule has 0 saturated carbocycles. The fourth-order valence-corrected chi connectivity index (χ4v) is 2.45. The SMILES string of the molecule is CC(=O)CCOCCOCCOCCOCCON1C(=O)c2ccccc2C1=O. The van der Waals surface area contributed by atoms with E-state index in [0.29, 0.717) is 63.8 Å². The number of imide groups is 1. The van der Waals surface area contributed by atoms with Crippen LogP contribution in [0.25, 0.3) is 0 Å². The summed E-state index contributed by atoms with van der Waals surface area (Å²) in [6, 6.07) is 6.59. The van der Waals surface area contributed by atoms with Crippen molar-refractivity contribution < 1.29 is 38.2 Å². The Balaban J connectivity index is 1.39. The van der Waals surface area contributed by atoms with Gasteiger partial charge in [0.15, 0.2) is 0 Å². The number of hydrogen-bond acceptors (Lipinski definition) is 8. The van der Waals surface area contributed by atoms with Crippen molar-refractivity contribution in [3.8, 4) is 0 Å². The first-order chi connectivity index (χ1) is 14.1. The van der Waals surface area contributed by atoms with E-state index in [1.807, 2.05) is 0 Å². The maximum absolute atomic E-state index is 12.1. The van der Waals surface area contributed by atoms with Crippen LogP contribution in [0.1, 0.15) is 34.1 Å². The lowest BCUT2D eigenvalue weighted by Crippen LogP contribution is -2.31. The van der Waals surface area contributed by atoms with E-state index >= 15 is 0 Å². The predicted molar refractivity (Wildman–Crippen MR) is 101 cm³/mol. The average Bonchev–Trinajstić information content (AvgIpc) is 2.95. The molecule has 0 saturated heterocycles. The summed E-state index contributed by atoms with van der Waals surface area (Å²) in [5.74, 6) is -0.812. The van der Waals surface area contributed by atoms with Crippen molar-refractivity contribution >= 4 is 17.6 Å². The second-order valence-electron chi connectivity index (χ2n) is 6.18. The van der Waals surface area contributed by atoms with Crippen molar-refractivity contribution in [3.63, 3.8) is 0 Å². The lowest BCUT2D eigenvalue weighted by atomic mass is 10.1.